The Bertz CT molecular complexity index is 588. The van der Waals surface area contributed by atoms with E-state index in [1.165, 1.54) is 53.4 Å². The lowest BCUT2D eigenvalue weighted by atomic mass is 9.95. The number of rotatable bonds is 5. The molecule has 1 aromatic heterocycles. The van der Waals surface area contributed by atoms with Gasteiger partial charge in [-0.3, -0.25) is 0 Å². The van der Waals surface area contributed by atoms with Gasteiger partial charge in [0.05, 0.1) is 0 Å². The zero-order valence-corrected chi connectivity index (χ0v) is 12.2. The Balaban J connectivity index is 1.79. The van der Waals surface area contributed by atoms with Crippen LogP contribution in [0.5, 0.6) is 0 Å². The van der Waals surface area contributed by atoms with Crippen molar-refractivity contribution in [1.82, 2.24) is 10.3 Å². The Hall–Kier alpha value is -1.32. The molecule has 1 aliphatic rings. The molecular formula is C17H24N2O. The molecule has 3 rings (SSSR count). The highest BCUT2D eigenvalue weighted by molar-refractivity contribution is 5.85. The normalized spacial score (nSPS) is 16.3. The largest absolute Gasteiger partial charge is 0.396 e. The van der Waals surface area contributed by atoms with Crippen molar-refractivity contribution in [3.8, 4) is 0 Å². The lowest BCUT2D eigenvalue weighted by Crippen LogP contribution is -2.26. The van der Waals surface area contributed by atoms with Gasteiger partial charge in [-0.1, -0.05) is 6.07 Å². The number of aliphatic hydroxyl groups excluding tert-OH is 1. The molecule has 0 saturated heterocycles. The maximum absolute atomic E-state index is 8.94. The fourth-order valence-corrected chi connectivity index (χ4v) is 3.15. The summed E-state index contributed by atoms with van der Waals surface area (Å²) in [5.74, 6) is 0. The Kier molecular flexibility index (Phi) is 4.08. The van der Waals surface area contributed by atoms with E-state index in [-0.39, 0.29) is 6.61 Å². The first kappa shape index (κ1) is 13.7. The number of aryl methyl sites for hydroxylation is 2. The van der Waals surface area contributed by atoms with E-state index >= 15 is 0 Å². The number of fused-ring (bicyclic) bond motifs is 3. The minimum atomic E-state index is 0.249. The van der Waals surface area contributed by atoms with Crippen LogP contribution in [0.4, 0.5) is 0 Å². The van der Waals surface area contributed by atoms with Crippen molar-refractivity contribution >= 4 is 10.9 Å². The van der Waals surface area contributed by atoms with Gasteiger partial charge in [-0.05, 0) is 62.3 Å². The van der Waals surface area contributed by atoms with Gasteiger partial charge in [-0.25, -0.2) is 0 Å². The molecule has 1 atom stereocenters. The topological polar surface area (TPSA) is 48.0 Å². The summed E-state index contributed by atoms with van der Waals surface area (Å²) >= 11 is 0. The lowest BCUT2D eigenvalue weighted by Gasteiger charge is -2.13. The average Bonchev–Trinajstić information content (AvgIpc) is 2.83. The minimum Gasteiger partial charge on any atom is -0.396 e. The van der Waals surface area contributed by atoms with E-state index in [0.717, 1.165) is 13.0 Å². The predicted molar refractivity (Wildman–Crippen MR) is 82.9 cm³/mol. The Morgan fingerprint density at radius 1 is 1.30 bits per heavy atom. The summed E-state index contributed by atoms with van der Waals surface area (Å²) in [6, 6.07) is 7.09. The number of aliphatic hydroxyl groups is 1. The summed E-state index contributed by atoms with van der Waals surface area (Å²) in [7, 11) is 0. The summed E-state index contributed by atoms with van der Waals surface area (Å²) in [4.78, 5) is 3.57. The van der Waals surface area contributed by atoms with Crippen LogP contribution in [0.1, 0.15) is 43.0 Å². The molecule has 108 valence electrons. The fourth-order valence-electron chi connectivity index (χ4n) is 3.15. The molecule has 1 heterocycles. The smallest absolute Gasteiger partial charge is 0.0459 e. The second kappa shape index (κ2) is 5.98. The first-order valence-corrected chi connectivity index (χ1v) is 7.74. The van der Waals surface area contributed by atoms with E-state index in [4.69, 9.17) is 5.11 Å². The molecule has 0 saturated carbocycles. The van der Waals surface area contributed by atoms with Crippen molar-refractivity contribution in [2.75, 3.05) is 6.61 Å². The average molecular weight is 272 g/mol. The summed E-state index contributed by atoms with van der Waals surface area (Å²) in [6.07, 6.45) is 5.85. The van der Waals surface area contributed by atoms with Crippen LogP contribution in [-0.2, 0) is 19.4 Å². The number of hydrogen-bond donors (Lipinski definition) is 3. The minimum absolute atomic E-state index is 0.249. The molecule has 0 radical (unpaired) electrons. The van der Waals surface area contributed by atoms with E-state index in [1.807, 2.05) is 0 Å². The quantitative estimate of drug-likeness (QED) is 0.784. The summed E-state index contributed by atoms with van der Waals surface area (Å²) < 4.78 is 0. The first-order chi connectivity index (χ1) is 9.78. The molecule has 0 bridgehead atoms. The summed E-state index contributed by atoms with van der Waals surface area (Å²) in [6.45, 7) is 3.24. The van der Waals surface area contributed by atoms with Crippen LogP contribution in [0.25, 0.3) is 10.9 Å². The second-order valence-electron chi connectivity index (χ2n) is 5.96. The molecule has 1 aliphatic carbocycles. The van der Waals surface area contributed by atoms with Gasteiger partial charge in [0, 0.05) is 35.8 Å². The highest BCUT2D eigenvalue weighted by Crippen LogP contribution is 2.29. The molecule has 3 N–H and O–H groups in total. The van der Waals surface area contributed by atoms with Crippen molar-refractivity contribution in [2.45, 2.75) is 51.6 Å². The van der Waals surface area contributed by atoms with Crippen molar-refractivity contribution in [3.63, 3.8) is 0 Å². The fraction of sp³-hybridized carbons (Fsp3) is 0.529. The second-order valence-corrected chi connectivity index (χ2v) is 5.96. The molecular weight excluding hydrogens is 248 g/mol. The Morgan fingerprint density at radius 3 is 3.00 bits per heavy atom. The van der Waals surface area contributed by atoms with E-state index in [9.17, 15) is 0 Å². The summed E-state index contributed by atoms with van der Waals surface area (Å²) in [5, 5.41) is 13.8. The third-order valence-electron chi connectivity index (χ3n) is 4.38. The number of benzene rings is 1. The molecule has 2 aromatic rings. The van der Waals surface area contributed by atoms with Crippen molar-refractivity contribution in [3.05, 3.63) is 35.0 Å². The number of aromatic nitrogens is 1. The van der Waals surface area contributed by atoms with Crippen LogP contribution < -0.4 is 5.32 Å². The first-order valence-electron chi connectivity index (χ1n) is 7.74. The van der Waals surface area contributed by atoms with Crippen molar-refractivity contribution in [2.24, 2.45) is 0 Å². The SMILES string of the molecule is C[C@@H](CCO)NCc1ccc2[nH]c3c(c2c1)CCCC3. The van der Waals surface area contributed by atoms with E-state index in [1.54, 1.807) is 0 Å². The van der Waals surface area contributed by atoms with Gasteiger partial charge in [-0.2, -0.15) is 0 Å². The maximum atomic E-state index is 8.94. The van der Waals surface area contributed by atoms with Gasteiger partial charge < -0.3 is 15.4 Å². The highest BCUT2D eigenvalue weighted by atomic mass is 16.3. The van der Waals surface area contributed by atoms with Crippen molar-refractivity contribution < 1.29 is 5.11 Å². The van der Waals surface area contributed by atoms with Crippen LogP contribution in [0.3, 0.4) is 0 Å². The molecule has 0 amide bonds. The monoisotopic (exact) mass is 272 g/mol. The van der Waals surface area contributed by atoms with Gasteiger partial charge in [0.2, 0.25) is 0 Å². The van der Waals surface area contributed by atoms with E-state index < -0.39 is 0 Å². The molecule has 3 heteroatoms. The molecule has 0 aliphatic heterocycles. The number of H-pyrrole nitrogens is 1. The van der Waals surface area contributed by atoms with Gasteiger partial charge in [0.25, 0.3) is 0 Å². The van der Waals surface area contributed by atoms with E-state index in [0.29, 0.717) is 6.04 Å². The third kappa shape index (κ3) is 2.74. The predicted octanol–water partition coefficient (Wildman–Crippen LogP) is 2.91. The zero-order valence-electron chi connectivity index (χ0n) is 12.2. The number of nitrogens with one attached hydrogen (secondary N) is 2. The van der Waals surface area contributed by atoms with E-state index in [2.05, 4.69) is 35.4 Å². The van der Waals surface area contributed by atoms with Crippen LogP contribution in [-0.4, -0.2) is 22.7 Å². The van der Waals surface area contributed by atoms with Crippen LogP contribution in [0.15, 0.2) is 18.2 Å². The zero-order chi connectivity index (χ0) is 13.9. The molecule has 1 aromatic carbocycles. The Morgan fingerprint density at radius 2 is 2.15 bits per heavy atom. The van der Waals surface area contributed by atoms with Crippen LogP contribution >= 0.6 is 0 Å². The van der Waals surface area contributed by atoms with Crippen molar-refractivity contribution in [1.29, 1.82) is 0 Å². The molecule has 3 nitrogen and oxygen atoms in total. The highest BCUT2D eigenvalue weighted by Gasteiger charge is 2.15. The molecule has 0 unspecified atom stereocenters. The summed E-state index contributed by atoms with van der Waals surface area (Å²) in [5.41, 5.74) is 5.60. The maximum Gasteiger partial charge on any atom is 0.0459 e. The van der Waals surface area contributed by atoms with Gasteiger partial charge in [0.15, 0.2) is 0 Å². The molecule has 0 fully saturated rings. The standard InChI is InChI=1S/C17H24N2O/c1-12(8-9-20)18-11-13-6-7-17-15(10-13)14-4-2-3-5-16(14)19-17/h6-7,10,12,18-20H,2-5,8-9,11H2,1H3/t12-/m0/s1. The third-order valence-corrected chi connectivity index (χ3v) is 4.38. The van der Waals surface area contributed by atoms with Crippen LogP contribution in [0, 0.1) is 0 Å². The van der Waals surface area contributed by atoms with Gasteiger partial charge in [-0.15, -0.1) is 0 Å². The molecule has 0 spiro atoms. The molecule has 20 heavy (non-hydrogen) atoms. The van der Waals surface area contributed by atoms with Gasteiger partial charge >= 0.3 is 0 Å². The number of hydrogen-bond acceptors (Lipinski definition) is 2. The lowest BCUT2D eigenvalue weighted by molar-refractivity contribution is 0.268. The van der Waals surface area contributed by atoms with Gasteiger partial charge in [0.1, 0.15) is 0 Å². The number of aromatic amines is 1. The Labute approximate surface area is 120 Å². The van der Waals surface area contributed by atoms with Crippen LogP contribution in [0.2, 0.25) is 0 Å².